The van der Waals surface area contributed by atoms with E-state index in [4.69, 9.17) is 14.2 Å². The van der Waals surface area contributed by atoms with Crippen LogP contribution < -0.4 is 10.6 Å². The fraction of sp³-hybridized carbons (Fsp3) is 0.237. The molecule has 0 aliphatic carbocycles. The number of anilines is 1. The molecule has 10 nitrogen and oxygen atoms in total. The van der Waals surface area contributed by atoms with Gasteiger partial charge in [0.05, 0.1) is 30.9 Å². The van der Waals surface area contributed by atoms with Crippen LogP contribution in [0.4, 0.5) is 5.69 Å². The molecule has 4 aromatic carbocycles. The third kappa shape index (κ3) is 7.95. The fourth-order valence-electron chi connectivity index (χ4n) is 5.15. The second kappa shape index (κ2) is 16.2. The first-order valence-corrected chi connectivity index (χ1v) is 15.5. The number of rotatable bonds is 13. The predicted octanol–water partition coefficient (Wildman–Crippen LogP) is 5.42. The van der Waals surface area contributed by atoms with E-state index in [9.17, 15) is 24.0 Å². The van der Waals surface area contributed by atoms with Crippen LogP contribution in [0.3, 0.4) is 0 Å². The van der Waals surface area contributed by atoms with Crippen LogP contribution in [0.1, 0.15) is 51.3 Å². The van der Waals surface area contributed by atoms with Crippen LogP contribution in [0, 0.1) is 6.92 Å². The monoisotopic (exact) mass is 650 g/mol. The Balaban J connectivity index is 1.57. The SMILES string of the molecule is CCOC(=O)C(COC(=O)Cc1ccc(NC(=O)c2ccccc2-c2ccc(C)cc2)c(C(=O)NC)c1)(C(=O)OCC)c1ccccc1. The summed E-state index contributed by atoms with van der Waals surface area (Å²) in [7, 11) is 1.45. The van der Waals surface area contributed by atoms with Crippen LogP contribution >= 0.6 is 0 Å². The van der Waals surface area contributed by atoms with E-state index < -0.39 is 41.7 Å². The minimum atomic E-state index is -2.04. The summed E-state index contributed by atoms with van der Waals surface area (Å²) in [5, 5.41) is 5.40. The van der Waals surface area contributed by atoms with Crippen LogP contribution in [0.25, 0.3) is 11.1 Å². The topological polar surface area (TPSA) is 137 Å². The molecule has 0 spiro atoms. The molecule has 2 amide bonds. The first-order chi connectivity index (χ1) is 23.1. The van der Waals surface area contributed by atoms with Gasteiger partial charge in [-0.05, 0) is 61.2 Å². The van der Waals surface area contributed by atoms with E-state index in [1.807, 2.05) is 43.3 Å². The largest absolute Gasteiger partial charge is 0.465 e. The van der Waals surface area contributed by atoms with Crippen molar-refractivity contribution in [2.45, 2.75) is 32.6 Å². The van der Waals surface area contributed by atoms with Crippen LogP contribution in [-0.4, -0.2) is 56.6 Å². The van der Waals surface area contributed by atoms with E-state index in [0.29, 0.717) is 11.1 Å². The second-order valence-corrected chi connectivity index (χ2v) is 10.9. The van der Waals surface area contributed by atoms with Crippen molar-refractivity contribution in [3.05, 3.63) is 125 Å². The Morgan fingerprint density at radius 1 is 0.688 bits per heavy atom. The number of amides is 2. The average Bonchev–Trinajstić information content (AvgIpc) is 3.10. The summed E-state index contributed by atoms with van der Waals surface area (Å²) in [6.45, 7) is 4.50. The zero-order valence-corrected chi connectivity index (χ0v) is 27.3. The number of hydrogen-bond acceptors (Lipinski definition) is 8. The number of esters is 3. The molecule has 2 N–H and O–H groups in total. The number of hydrogen-bond donors (Lipinski definition) is 2. The maximum Gasteiger partial charge on any atom is 0.331 e. The molecule has 0 aromatic heterocycles. The van der Waals surface area contributed by atoms with Gasteiger partial charge in [-0.25, -0.2) is 0 Å². The number of carbonyl (C=O) groups is 5. The van der Waals surface area contributed by atoms with Crippen molar-refractivity contribution in [1.82, 2.24) is 5.32 Å². The van der Waals surface area contributed by atoms with Gasteiger partial charge in [0.1, 0.15) is 6.61 Å². The van der Waals surface area contributed by atoms with Gasteiger partial charge in [0.15, 0.2) is 0 Å². The molecular weight excluding hydrogens is 612 g/mol. The molecule has 0 fully saturated rings. The maximum absolute atomic E-state index is 13.5. The first-order valence-electron chi connectivity index (χ1n) is 15.5. The quantitative estimate of drug-likeness (QED) is 0.111. The minimum absolute atomic E-state index is 0.0105. The molecule has 248 valence electrons. The molecule has 48 heavy (non-hydrogen) atoms. The van der Waals surface area contributed by atoms with E-state index >= 15 is 0 Å². The highest BCUT2D eigenvalue weighted by atomic mass is 16.6. The Morgan fingerprint density at radius 3 is 1.94 bits per heavy atom. The highest BCUT2D eigenvalue weighted by Crippen LogP contribution is 2.30. The summed E-state index contributed by atoms with van der Waals surface area (Å²) in [5.74, 6) is -3.49. The predicted molar refractivity (Wildman–Crippen MR) is 180 cm³/mol. The maximum atomic E-state index is 13.5. The van der Waals surface area contributed by atoms with Gasteiger partial charge in [-0.2, -0.15) is 0 Å². The van der Waals surface area contributed by atoms with Gasteiger partial charge >= 0.3 is 17.9 Å². The summed E-state index contributed by atoms with van der Waals surface area (Å²) in [6, 6.07) is 27.7. The summed E-state index contributed by atoms with van der Waals surface area (Å²) in [4.78, 5) is 66.1. The van der Waals surface area contributed by atoms with Crippen LogP contribution in [-0.2, 0) is 40.4 Å². The molecule has 0 atom stereocenters. The summed E-state index contributed by atoms with van der Waals surface area (Å²) < 4.78 is 16.0. The zero-order valence-electron chi connectivity index (χ0n) is 27.3. The van der Waals surface area contributed by atoms with E-state index in [-0.39, 0.29) is 36.4 Å². The Hall–Kier alpha value is -5.77. The number of aryl methyl sites for hydroxylation is 1. The first kappa shape index (κ1) is 35.1. The number of nitrogens with one attached hydrogen (secondary N) is 2. The summed E-state index contributed by atoms with van der Waals surface area (Å²) in [5.41, 5.74) is 2.08. The standard InChI is InChI=1S/C38H38N2O8/c1-5-46-36(44)38(37(45)47-6-2,28-12-8-7-9-13-28)24-48-33(41)23-26-18-21-32(31(22-26)34(42)39-4)40-35(43)30-15-11-10-14-29(30)27-19-16-25(3)17-20-27/h7-22H,5-6,23-24H2,1-4H3,(H,39,42)(H,40,43). The molecule has 4 rings (SSSR count). The van der Waals surface area contributed by atoms with Crippen LogP contribution in [0.15, 0.2) is 97.1 Å². The van der Waals surface area contributed by atoms with Gasteiger partial charge in [-0.3, -0.25) is 24.0 Å². The van der Waals surface area contributed by atoms with E-state index in [1.54, 1.807) is 62.4 Å². The normalized spacial score (nSPS) is 10.8. The Kier molecular flexibility index (Phi) is 11.8. The van der Waals surface area contributed by atoms with E-state index in [1.165, 1.54) is 19.2 Å². The highest BCUT2D eigenvalue weighted by molar-refractivity contribution is 6.12. The Bertz CT molecular complexity index is 1770. The van der Waals surface area contributed by atoms with Gasteiger partial charge in [0.25, 0.3) is 11.8 Å². The summed E-state index contributed by atoms with van der Waals surface area (Å²) in [6.07, 6.45) is -0.301. The molecule has 0 aliphatic rings. The van der Waals surface area contributed by atoms with Gasteiger partial charge in [-0.15, -0.1) is 0 Å². The zero-order chi connectivity index (χ0) is 34.7. The molecular formula is C38H38N2O8. The van der Waals surface area contributed by atoms with Gasteiger partial charge in [-0.1, -0.05) is 84.4 Å². The lowest BCUT2D eigenvalue weighted by Crippen LogP contribution is -2.50. The van der Waals surface area contributed by atoms with Crippen LogP contribution in [0.2, 0.25) is 0 Å². The number of carbonyl (C=O) groups excluding carboxylic acids is 5. The van der Waals surface area contributed by atoms with Crippen molar-refractivity contribution in [2.75, 3.05) is 32.2 Å². The van der Waals surface area contributed by atoms with Gasteiger partial charge in [0, 0.05) is 12.6 Å². The number of benzene rings is 4. The van der Waals surface area contributed by atoms with E-state index in [0.717, 1.165) is 16.7 Å². The van der Waals surface area contributed by atoms with Crippen molar-refractivity contribution in [1.29, 1.82) is 0 Å². The highest BCUT2D eigenvalue weighted by Gasteiger charge is 2.52. The molecule has 0 radical (unpaired) electrons. The van der Waals surface area contributed by atoms with Crippen molar-refractivity contribution < 1.29 is 38.2 Å². The van der Waals surface area contributed by atoms with Crippen molar-refractivity contribution in [2.24, 2.45) is 0 Å². The van der Waals surface area contributed by atoms with Gasteiger partial charge < -0.3 is 24.8 Å². The number of ether oxygens (including phenoxy) is 3. The third-order valence-electron chi connectivity index (χ3n) is 7.65. The third-order valence-corrected chi connectivity index (χ3v) is 7.65. The van der Waals surface area contributed by atoms with Crippen molar-refractivity contribution >= 4 is 35.4 Å². The second-order valence-electron chi connectivity index (χ2n) is 10.9. The fourth-order valence-corrected chi connectivity index (χ4v) is 5.15. The van der Waals surface area contributed by atoms with Crippen molar-refractivity contribution in [3.63, 3.8) is 0 Å². The molecule has 0 aliphatic heterocycles. The molecule has 0 saturated carbocycles. The Labute approximate surface area is 279 Å². The molecule has 0 unspecified atom stereocenters. The lowest BCUT2D eigenvalue weighted by molar-refractivity contribution is -0.170. The van der Waals surface area contributed by atoms with Gasteiger partial charge in [0.2, 0.25) is 5.41 Å². The lowest BCUT2D eigenvalue weighted by Gasteiger charge is -2.29. The average molecular weight is 651 g/mol. The van der Waals surface area contributed by atoms with E-state index in [2.05, 4.69) is 10.6 Å². The van der Waals surface area contributed by atoms with Crippen molar-refractivity contribution in [3.8, 4) is 11.1 Å². The minimum Gasteiger partial charge on any atom is -0.465 e. The molecule has 4 aromatic rings. The molecule has 0 saturated heterocycles. The molecule has 0 bridgehead atoms. The Morgan fingerprint density at radius 2 is 1.31 bits per heavy atom. The molecule has 10 heteroatoms. The summed E-state index contributed by atoms with van der Waals surface area (Å²) >= 11 is 0. The smallest absolute Gasteiger partial charge is 0.331 e. The molecule has 0 heterocycles. The lowest BCUT2D eigenvalue weighted by atomic mass is 9.81. The van der Waals surface area contributed by atoms with Crippen LogP contribution in [0.5, 0.6) is 0 Å².